The second kappa shape index (κ2) is 4.40. The van der Waals surface area contributed by atoms with E-state index in [0.717, 1.165) is 18.1 Å². The molecule has 3 unspecified atom stereocenters. The topological polar surface area (TPSA) is 47.0 Å². The smallest absolute Gasteiger partial charge is 0.138 e. The van der Waals surface area contributed by atoms with Crippen LogP contribution in [0.2, 0.25) is 0 Å². The minimum absolute atomic E-state index is 0.351. The molecule has 2 fully saturated rings. The van der Waals surface area contributed by atoms with Crippen molar-refractivity contribution in [2.45, 2.75) is 56.7 Å². The predicted octanol–water partition coefficient (Wildman–Crippen LogP) is 3.26. The van der Waals surface area contributed by atoms with Crippen LogP contribution in [-0.4, -0.2) is 29.2 Å². The number of fused-ring (bicyclic) bond motifs is 5. The van der Waals surface area contributed by atoms with Gasteiger partial charge >= 0.3 is 0 Å². The van der Waals surface area contributed by atoms with Gasteiger partial charge in [0.05, 0.1) is 17.6 Å². The van der Waals surface area contributed by atoms with Crippen molar-refractivity contribution < 1.29 is 4.74 Å². The van der Waals surface area contributed by atoms with Crippen molar-refractivity contribution in [1.29, 1.82) is 0 Å². The fraction of sp³-hybridized carbons (Fsp3) is 0.625. The molecule has 2 aromatic heterocycles. The average molecular weight is 301 g/mol. The van der Waals surface area contributed by atoms with Gasteiger partial charge in [-0.05, 0) is 44.1 Å². The Balaban J connectivity index is 1.66. The Morgan fingerprint density at radius 3 is 2.95 bits per heavy atom. The molecular formula is C16H19N3OS. The molecule has 2 aromatic rings. The fourth-order valence-electron chi connectivity index (χ4n) is 4.27. The summed E-state index contributed by atoms with van der Waals surface area (Å²) >= 11 is 1.88. The number of hydrogen-bond donors (Lipinski definition) is 1. The first-order valence-electron chi connectivity index (χ1n) is 7.99. The van der Waals surface area contributed by atoms with E-state index in [-0.39, 0.29) is 0 Å². The molecule has 5 heteroatoms. The van der Waals surface area contributed by atoms with Gasteiger partial charge < -0.3 is 10.1 Å². The SMILES string of the molecule is CNc1nc(C2CC3CCC2O3)nc2sc3c(c12)CCC3. The molecule has 0 aromatic carbocycles. The van der Waals surface area contributed by atoms with Crippen LogP contribution in [0.1, 0.15) is 47.9 Å². The van der Waals surface area contributed by atoms with Crippen LogP contribution in [0.25, 0.3) is 10.2 Å². The van der Waals surface area contributed by atoms with E-state index in [2.05, 4.69) is 5.32 Å². The third kappa shape index (κ3) is 1.70. The molecular weight excluding hydrogens is 282 g/mol. The normalized spacial score (nSPS) is 30.2. The summed E-state index contributed by atoms with van der Waals surface area (Å²) in [5.74, 6) is 2.42. The number of thiophene rings is 1. The Morgan fingerprint density at radius 1 is 1.24 bits per heavy atom. The number of anilines is 1. The largest absolute Gasteiger partial charge is 0.374 e. The number of rotatable bonds is 2. The van der Waals surface area contributed by atoms with E-state index in [4.69, 9.17) is 14.7 Å². The van der Waals surface area contributed by atoms with Gasteiger partial charge in [0.2, 0.25) is 0 Å². The van der Waals surface area contributed by atoms with Gasteiger partial charge in [-0.25, -0.2) is 9.97 Å². The van der Waals surface area contributed by atoms with Crippen LogP contribution in [0.4, 0.5) is 5.82 Å². The maximum Gasteiger partial charge on any atom is 0.138 e. The summed E-state index contributed by atoms with van der Waals surface area (Å²) in [6.45, 7) is 0. The molecule has 110 valence electrons. The van der Waals surface area contributed by atoms with E-state index in [1.54, 1.807) is 0 Å². The number of nitrogens with one attached hydrogen (secondary N) is 1. The summed E-state index contributed by atoms with van der Waals surface area (Å²) in [4.78, 5) is 12.5. The summed E-state index contributed by atoms with van der Waals surface area (Å²) in [6.07, 6.45) is 7.97. The van der Waals surface area contributed by atoms with Gasteiger partial charge in [-0.3, -0.25) is 0 Å². The number of ether oxygens (including phenoxy) is 1. The lowest BCUT2D eigenvalue weighted by atomic mass is 9.88. The van der Waals surface area contributed by atoms with E-state index >= 15 is 0 Å². The highest BCUT2D eigenvalue weighted by molar-refractivity contribution is 7.19. The van der Waals surface area contributed by atoms with E-state index in [1.807, 2.05) is 18.4 Å². The van der Waals surface area contributed by atoms with E-state index < -0.39 is 0 Å². The Kier molecular flexibility index (Phi) is 2.59. The number of hydrogen-bond acceptors (Lipinski definition) is 5. The van der Waals surface area contributed by atoms with Gasteiger partial charge in [-0.2, -0.15) is 0 Å². The minimum atomic E-state index is 0.351. The van der Waals surface area contributed by atoms with Crippen molar-refractivity contribution >= 4 is 27.4 Å². The molecule has 2 bridgehead atoms. The maximum absolute atomic E-state index is 5.99. The van der Waals surface area contributed by atoms with Crippen LogP contribution in [0, 0.1) is 0 Å². The van der Waals surface area contributed by atoms with Crippen molar-refractivity contribution in [3.05, 3.63) is 16.3 Å². The summed E-state index contributed by atoms with van der Waals surface area (Å²) in [6, 6.07) is 0. The first-order chi connectivity index (χ1) is 10.3. The first-order valence-corrected chi connectivity index (χ1v) is 8.80. The molecule has 2 saturated heterocycles. The quantitative estimate of drug-likeness (QED) is 0.925. The van der Waals surface area contributed by atoms with Crippen LogP contribution < -0.4 is 5.32 Å². The van der Waals surface area contributed by atoms with Gasteiger partial charge in [-0.1, -0.05) is 0 Å². The van der Waals surface area contributed by atoms with Crippen LogP contribution >= 0.6 is 11.3 Å². The molecule has 0 radical (unpaired) electrons. The van der Waals surface area contributed by atoms with Crippen LogP contribution in [0.15, 0.2) is 0 Å². The number of aryl methyl sites for hydroxylation is 2. The monoisotopic (exact) mass is 301 g/mol. The lowest BCUT2D eigenvalue weighted by molar-refractivity contribution is 0.0999. The van der Waals surface area contributed by atoms with E-state index in [0.29, 0.717) is 18.1 Å². The predicted molar refractivity (Wildman–Crippen MR) is 84.2 cm³/mol. The lowest BCUT2D eigenvalue weighted by Gasteiger charge is -2.18. The van der Waals surface area contributed by atoms with E-state index in [9.17, 15) is 0 Å². The van der Waals surface area contributed by atoms with Gasteiger partial charge in [0.25, 0.3) is 0 Å². The Bertz CT molecular complexity index is 726. The Labute approximate surface area is 127 Å². The Hall–Kier alpha value is -1.20. The van der Waals surface area contributed by atoms with Crippen molar-refractivity contribution in [3.8, 4) is 0 Å². The molecule has 3 aliphatic rings. The molecule has 4 heterocycles. The summed E-state index contributed by atoms with van der Waals surface area (Å²) in [5.41, 5.74) is 1.50. The lowest BCUT2D eigenvalue weighted by Crippen LogP contribution is -2.17. The zero-order valence-electron chi connectivity index (χ0n) is 12.2. The molecule has 1 aliphatic carbocycles. The van der Waals surface area contributed by atoms with Crippen LogP contribution in [0.5, 0.6) is 0 Å². The second-order valence-electron chi connectivity index (χ2n) is 6.43. The summed E-state index contributed by atoms with van der Waals surface area (Å²) < 4.78 is 5.99. The highest BCUT2D eigenvalue weighted by Crippen LogP contribution is 2.45. The average Bonchev–Trinajstić information content (AvgIpc) is 3.24. The number of nitrogens with zero attached hydrogens (tertiary/aromatic N) is 2. The van der Waals surface area contributed by atoms with Crippen molar-refractivity contribution in [1.82, 2.24) is 9.97 Å². The zero-order valence-corrected chi connectivity index (χ0v) is 13.0. The molecule has 1 N–H and O–H groups in total. The highest BCUT2D eigenvalue weighted by Gasteiger charge is 2.43. The third-order valence-corrected chi connectivity index (χ3v) is 6.44. The van der Waals surface area contributed by atoms with Gasteiger partial charge in [0, 0.05) is 17.8 Å². The van der Waals surface area contributed by atoms with Gasteiger partial charge in [0.15, 0.2) is 0 Å². The zero-order chi connectivity index (χ0) is 14.0. The van der Waals surface area contributed by atoms with Gasteiger partial charge in [0.1, 0.15) is 16.5 Å². The van der Waals surface area contributed by atoms with Gasteiger partial charge in [-0.15, -0.1) is 11.3 Å². The van der Waals surface area contributed by atoms with Crippen molar-refractivity contribution in [3.63, 3.8) is 0 Å². The van der Waals surface area contributed by atoms with Crippen LogP contribution in [0.3, 0.4) is 0 Å². The molecule has 0 saturated carbocycles. The molecule has 5 rings (SSSR count). The first kappa shape index (κ1) is 12.4. The second-order valence-corrected chi connectivity index (χ2v) is 7.52. The summed E-state index contributed by atoms with van der Waals surface area (Å²) in [7, 11) is 1.97. The van der Waals surface area contributed by atoms with Crippen molar-refractivity contribution in [2.75, 3.05) is 12.4 Å². The standard InChI is InChI=1S/C16H19N3OS/c1-17-15-13-9-3-2-4-12(9)21-16(13)19-14(18-15)10-7-8-5-6-11(10)20-8/h8,10-11H,2-7H2,1H3,(H,17,18,19). The number of aromatic nitrogens is 2. The fourth-order valence-corrected chi connectivity index (χ4v) is 5.54. The summed E-state index contributed by atoms with van der Waals surface area (Å²) in [5, 5.41) is 4.59. The molecule has 21 heavy (non-hydrogen) atoms. The highest BCUT2D eigenvalue weighted by atomic mass is 32.1. The third-order valence-electron chi connectivity index (χ3n) is 5.26. The minimum Gasteiger partial charge on any atom is -0.374 e. The Morgan fingerprint density at radius 2 is 2.19 bits per heavy atom. The van der Waals surface area contributed by atoms with Crippen molar-refractivity contribution in [2.24, 2.45) is 0 Å². The van der Waals surface area contributed by atoms with Crippen LogP contribution in [-0.2, 0) is 17.6 Å². The maximum atomic E-state index is 5.99. The molecule has 4 nitrogen and oxygen atoms in total. The molecule has 2 aliphatic heterocycles. The molecule has 3 atom stereocenters. The molecule has 0 amide bonds. The van der Waals surface area contributed by atoms with E-state index in [1.165, 1.54) is 52.8 Å². The molecule has 0 spiro atoms.